The molecule has 0 atom stereocenters. The van der Waals surface area contributed by atoms with Crippen molar-refractivity contribution in [2.45, 2.75) is 4.90 Å². The highest BCUT2D eigenvalue weighted by Gasteiger charge is 2.19. The quantitative estimate of drug-likeness (QED) is 0.463. The molecule has 5 nitrogen and oxygen atoms in total. The summed E-state index contributed by atoms with van der Waals surface area (Å²) in [5.74, 6) is -2.43. The minimum absolute atomic E-state index is 0.325. The summed E-state index contributed by atoms with van der Waals surface area (Å²) in [6.45, 7) is -0.325. The van der Waals surface area contributed by atoms with Gasteiger partial charge in [-0.25, -0.2) is 17.2 Å². The second-order valence-corrected chi connectivity index (χ2v) is 4.93. The largest absolute Gasteiger partial charge is 0.224 e. The predicted octanol–water partition coefficient (Wildman–Crippen LogP) is 2.05. The second-order valence-electron chi connectivity index (χ2n) is 2.85. The summed E-state index contributed by atoms with van der Waals surface area (Å²) < 4.78 is 48.9. The molecule has 86 valence electrons. The van der Waals surface area contributed by atoms with Gasteiger partial charge in [0.15, 0.2) is 9.84 Å². The molecule has 1 rings (SSSR count). The summed E-state index contributed by atoms with van der Waals surface area (Å²) in [6, 6.07) is 2.15. The van der Waals surface area contributed by atoms with Gasteiger partial charge in [0.2, 0.25) is 0 Å². The molecule has 0 heterocycles. The fourth-order valence-electron chi connectivity index (χ4n) is 1.03. The lowest BCUT2D eigenvalue weighted by Crippen LogP contribution is -2.11. The van der Waals surface area contributed by atoms with Crippen LogP contribution in [0.15, 0.2) is 28.2 Å². The Morgan fingerprint density at radius 2 is 2.06 bits per heavy atom. The fraction of sp³-hybridized carbons (Fsp3) is 0.250. The molecule has 0 amide bonds. The molecule has 16 heavy (non-hydrogen) atoms. The van der Waals surface area contributed by atoms with Gasteiger partial charge in [-0.3, -0.25) is 0 Å². The molecule has 8 heteroatoms. The number of azide groups is 1. The van der Waals surface area contributed by atoms with Gasteiger partial charge >= 0.3 is 0 Å². The number of hydrogen-bond donors (Lipinski definition) is 0. The van der Waals surface area contributed by atoms with Gasteiger partial charge < -0.3 is 0 Å². The molecule has 0 bridgehead atoms. The van der Waals surface area contributed by atoms with Crippen molar-refractivity contribution in [3.8, 4) is 0 Å². The van der Waals surface area contributed by atoms with Crippen LogP contribution in [-0.4, -0.2) is 20.7 Å². The number of hydrogen-bond acceptors (Lipinski definition) is 3. The molecule has 0 N–H and O–H groups in total. The van der Waals surface area contributed by atoms with Gasteiger partial charge in [0.1, 0.15) is 16.5 Å². The number of rotatable bonds is 4. The van der Waals surface area contributed by atoms with Crippen molar-refractivity contribution in [1.82, 2.24) is 0 Å². The first-order valence-electron chi connectivity index (χ1n) is 4.16. The minimum atomic E-state index is -3.97. The van der Waals surface area contributed by atoms with Gasteiger partial charge in [-0.05, 0) is 23.7 Å². The van der Waals surface area contributed by atoms with Crippen LogP contribution in [0.1, 0.15) is 0 Å². The number of nitrogens with zero attached hydrogens (tertiary/aromatic N) is 3. The van der Waals surface area contributed by atoms with E-state index in [4.69, 9.17) is 5.53 Å². The van der Waals surface area contributed by atoms with Crippen molar-refractivity contribution in [3.05, 3.63) is 40.3 Å². The fourth-order valence-corrected chi connectivity index (χ4v) is 2.23. The summed E-state index contributed by atoms with van der Waals surface area (Å²) in [4.78, 5) is 1.64. The number of halogens is 2. The summed E-state index contributed by atoms with van der Waals surface area (Å²) in [6.07, 6.45) is 0. The average molecular weight is 247 g/mol. The van der Waals surface area contributed by atoms with E-state index < -0.39 is 32.1 Å². The Morgan fingerprint density at radius 1 is 1.38 bits per heavy atom. The van der Waals surface area contributed by atoms with Gasteiger partial charge in [0.05, 0.1) is 5.75 Å². The molecule has 0 radical (unpaired) electrons. The van der Waals surface area contributed by atoms with E-state index in [0.29, 0.717) is 6.07 Å². The minimum Gasteiger partial charge on any atom is -0.224 e. The average Bonchev–Trinajstić information content (AvgIpc) is 2.22. The van der Waals surface area contributed by atoms with Crippen LogP contribution in [0.2, 0.25) is 0 Å². The van der Waals surface area contributed by atoms with Crippen LogP contribution in [-0.2, 0) is 9.84 Å². The third-order valence-corrected chi connectivity index (χ3v) is 3.45. The van der Waals surface area contributed by atoms with E-state index in [-0.39, 0.29) is 6.54 Å². The maximum absolute atomic E-state index is 13.1. The van der Waals surface area contributed by atoms with Gasteiger partial charge in [0, 0.05) is 11.5 Å². The molecule has 0 aliphatic heterocycles. The van der Waals surface area contributed by atoms with E-state index in [1.54, 1.807) is 0 Å². The first-order valence-corrected chi connectivity index (χ1v) is 5.81. The lowest BCUT2D eigenvalue weighted by atomic mass is 10.3. The van der Waals surface area contributed by atoms with Gasteiger partial charge in [-0.15, -0.1) is 0 Å². The third-order valence-electron chi connectivity index (χ3n) is 1.75. The van der Waals surface area contributed by atoms with Gasteiger partial charge in [-0.1, -0.05) is 5.11 Å². The summed E-state index contributed by atoms with van der Waals surface area (Å²) >= 11 is 0. The van der Waals surface area contributed by atoms with Crippen molar-refractivity contribution in [2.75, 3.05) is 12.3 Å². The first kappa shape index (κ1) is 12.4. The monoisotopic (exact) mass is 247 g/mol. The van der Waals surface area contributed by atoms with E-state index in [9.17, 15) is 17.2 Å². The molecule has 0 aliphatic rings. The normalized spacial score (nSPS) is 10.9. The molecule has 0 aromatic heterocycles. The van der Waals surface area contributed by atoms with Crippen molar-refractivity contribution >= 4 is 9.84 Å². The standard InChI is InChI=1S/C8H7F2N3O2S/c9-6-1-2-7(10)8(5-6)16(14,15)4-3-12-13-11/h1-2,5H,3-4H2. The first-order chi connectivity index (χ1) is 7.47. The van der Waals surface area contributed by atoms with Crippen molar-refractivity contribution < 1.29 is 17.2 Å². The van der Waals surface area contributed by atoms with Crippen LogP contribution in [0, 0.1) is 11.6 Å². The summed E-state index contributed by atoms with van der Waals surface area (Å²) in [5, 5.41) is 3.02. The molecule has 0 fully saturated rings. The third kappa shape index (κ3) is 2.91. The molecule has 0 saturated carbocycles. The molecular formula is C8H7F2N3O2S. The highest BCUT2D eigenvalue weighted by molar-refractivity contribution is 7.91. The highest BCUT2D eigenvalue weighted by Crippen LogP contribution is 2.17. The summed E-state index contributed by atoms with van der Waals surface area (Å²) in [7, 11) is -3.97. The Labute approximate surface area is 90.3 Å². The van der Waals surface area contributed by atoms with Crippen LogP contribution < -0.4 is 0 Å². The Balaban J connectivity index is 3.06. The zero-order chi connectivity index (χ0) is 12.2. The van der Waals surface area contributed by atoms with Crippen molar-refractivity contribution in [2.24, 2.45) is 5.11 Å². The van der Waals surface area contributed by atoms with Gasteiger partial charge in [-0.2, -0.15) is 0 Å². The van der Waals surface area contributed by atoms with Crippen LogP contribution >= 0.6 is 0 Å². The molecular weight excluding hydrogens is 240 g/mol. The zero-order valence-corrected chi connectivity index (χ0v) is 8.79. The molecule has 0 saturated heterocycles. The Kier molecular flexibility index (Phi) is 3.81. The smallest absolute Gasteiger partial charge is 0.181 e. The van der Waals surface area contributed by atoms with Crippen molar-refractivity contribution in [1.29, 1.82) is 0 Å². The Morgan fingerprint density at radius 3 is 2.69 bits per heavy atom. The zero-order valence-electron chi connectivity index (χ0n) is 7.97. The summed E-state index contributed by atoms with van der Waals surface area (Å²) in [5.41, 5.74) is 7.96. The van der Waals surface area contributed by atoms with E-state index in [0.717, 1.165) is 12.1 Å². The SMILES string of the molecule is [N-]=[N+]=NCCS(=O)(=O)c1cc(F)ccc1F. The Hall–Kier alpha value is -1.66. The molecule has 1 aromatic carbocycles. The van der Waals surface area contributed by atoms with Gasteiger partial charge in [0.25, 0.3) is 0 Å². The van der Waals surface area contributed by atoms with Crippen LogP contribution in [0.3, 0.4) is 0 Å². The number of sulfone groups is 1. The van der Waals surface area contributed by atoms with Crippen LogP contribution in [0.25, 0.3) is 10.4 Å². The maximum Gasteiger partial charge on any atom is 0.181 e. The van der Waals surface area contributed by atoms with E-state index >= 15 is 0 Å². The molecule has 0 unspecified atom stereocenters. The molecule has 0 spiro atoms. The second kappa shape index (κ2) is 4.91. The molecule has 1 aromatic rings. The topological polar surface area (TPSA) is 82.9 Å². The lowest BCUT2D eigenvalue weighted by Gasteiger charge is -2.03. The Bertz CT molecular complexity index is 538. The molecule has 0 aliphatic carbocycles. The van der Waals surface area contributed by atoms with E-state index in [2.05, 4.69) is 10.0 Å². The van der Waals surface area contributed by atoms with E-state index in [1.807, 2.05) is 0 Å². The van der Waals surface area contributed by atoms with Crippen LogP contribution in [0.5, 0.6) is 0 Å². The van der Waals surface area contributed by atoms with Crippen LogP contribution in [0.4, 0.5) is 8.78 Å². The van der Waals surface area contributed by atoms with E-state index in [1.165, 1.54) is 0 Å². The highest BCUT2D eigenvalue weighted by atomic mass is 32.2. The predicted molar refractivity (Wildman–Crippen MR) is 52.4 cm³/mol. The maximum atomic E-state index is 13.1. The lowest BCUT2D eigenvalue weighted by molar-refractivity contribution is 0.553. The number of benzene rings is 1. The van der Waals surface area contributed by atoms with Crippen molar-refractivity contribution in [3.63, 3.8) is 0 Å².